The minimum atomic E-state index is -0.231. The number of likely N-dealkylation sites (tertiary alicyclic amines) is 1. The fraction of sp³-hybridized carbons (Fsp3) is 0.846. The van der Waals surface area contributed by atoms with Gasteiger partial charge in [-0.3, -0.25) is 0 Å². The minimum absolute atomic E-state index is 0.231. The largest absolute Gasteiger partial charge is 0.393 e. The number of aromatic nitrogens is 3. The van der Waals surface area contributed by atoms with Gasteiger partial charge in [0.25, 0.3) is 0 Å². The van der Waals surface area contributed by atoms with E-state index in [4.69, 9.17) is 0 Å². The lowest BCUT2D eigenvalue weighted by Crippen LogP contribution is -2.28. The molecule has 1 fully saturated rings. The SMILES string of the molecule is CC(C)N1CCC(c2nc3n(n2)CCC(O)C3)C1. The Labute approximate surface area is 108 Å². The Morgan fingerprint density at radius 3 is 2.83 bits per heavy atom. The van der Waals surface area contributed by atoms with E-state index in [1.807, 2.05) is 4.68 Å². The first-order valence-electron chi connectivity index (χ1n) is 6.99. The molecular formula is C13H22N4O. The van der Waals surface area contributed by atoms with Crippen molar-refractivity contribution in [3.05, 3.63) is 11.6 Å². The highest BCUT2D eigenvalue weighted by Gasteiger charge is 2.30. The third-order valence-electron chi connectivity index (χ3n) is 4.17. The monoisotopic (exact) mass is 250 g/mol. The van der Waals surface area contributed by atoms with Crippen LogP contribution in [0.25, 0.3) is 0 Å². The van der Waals surface area contributed by atoms with Gasteiger partial charge in [-0.05, 0) is 33.2 Å². The lowest BCUT2D eigenvalue weighted by molar-refractivity contribution is 0.138. The maximum absolute atomic E-state index is 9.66. The minimum Gasteiger partial charge on any atom is -0.393 e. The van der Waals surface area contributed by atoms with E-state index in [0.29, 0.717) is 18.4 Å². The van der Waals surface area contributed by atoms with Crippen LogP contribution < -0.4 is 0 Å². The van der Waals surface area contributed by atoms with E-state index in [9.17, 15) is 5.11 Å². The van der Waals surface area contributed by atoms with Crippen molar-refractivity contribution in [1.29, 1.82) is 0 Å². The van der Waals surface area contributed by atoms with Gasteiger partial charge in [0.05, 0.1) is 6.10 Å². The molecule has 0 aromatic carbocycles. The quantitative estimate of drug-likeness (QED) is 0.843. The fourth-order valence-electron chi connectivity index (χ4n) is 2.95. The molecule has 18 heavy (non-hydrogen) atoms. The van der Waals surface area contributed by atoms with Gasteiger partial charge in [0.1, 0.15) is 5.82 Å². The number of aryl methyl sites for hydroxylation is 1. The molecule has 0 radical (unpaired) electrons. The average Bonchev–Trinajstić information content (AvgIpc) is 2.93. The molecule has 5 nitrogen and oxygen atoms in total. The lowest BCUT2D eigenvalue weighted by Gasteiger charge is -2.19. The third-order valence-corrected chi connectivity index (χ3v) is 4.17. The van der Waals surface area contributed by atoms with Crippen molar-refractivity contribution in [3.8, 4) is 0 Å². The number of hydrogen-bond acceptors (Lipinski definition) is 4. The van der Waals surface area contributed by atoms with Crippen LogP contribution in [0, 0.1) is 0 Å². The zero-order chi connectivity index (χ0) is 12.7. The van der Waals surface area contributed by atoms with Gasteiger partial charge in [0, 0.05) is 31.5 Å². The summed E-state index contributed by atoms with van der Waals surface area (Å²) in [7, 11) is 0. The van der Waals surface area contributed by atoms with Gasteiger partial charge < -0.3 is 10.0 Å². The molecule has 3 rings (SSSR count). The summed E-state index contributed by atoms with van der Waals surface area (Å²) in [6.07, 6.45) is 2.39. The number of aliphatic hydroxyl groups is 1. The van der Waals surface area contributed by atoms with Gasteiger partial charge in [-0.25, -0.2) is 9.67 Å². The van der Waals surface area contributed by atoms with Crippen LogP contribution in [0.3, 0.4) is 0 Å². The molecule has 0 spiro atoms. The van der Waals surface area contributed by atoms with Crippen molar-refractivity contribution in [2.75, 3.05) is 13.1 Å². The van der Waals surface area contributed by atoms with Crippen molar-refractivity contribution in [2.45, 2.75) is 57.7 Å². The van der Waals surface area contributed by atoms with Crippen LogP contribution in [-0.4, -0.2) is 50.0 Å². The Balaban J connectivity index is 1.74. The predicted octanol–water partition coefficient (Wildman–Crippen LogP) is 0.783. The van der Waals surface area contributed by atoms with E-state index < -0.39 is 0 Å². The molecule has 0 aliphatic carbocycles. The van der Waals surface area contributed by atoms with Crippen molar-refractivity contribution in [1.82, 2.24) is 19.7 Å². The van der Waals surface area contributed by atoms with Gasteiger partial charge in [-0.15, -0.1) is 0 Å². The van der Waals surface area contributed by atoms with E-state index in [-0.39, 0.29) is 6.10 Å². The van der Waals surface area contributed by atoms with Gasteiger partial charge in [0.2, 0.25) is 0 Å². The molecule has 1 aromatic heterocycles. The molecule has 1 saturated heterocycles. The summed E-state index contributed by atoms with van der Waals surface area (Å²) in [5.74, 6) is 2.43. The summed E-state index contributed by atoms with van der Waals surface area (Å²) >= 11 is 0. The van der Waals surface area contributed by atoms with E-state index in [2.05, 4.69) is 28.8 Å². The smallest absolute Gasteiger partial charge is 0.155 e. The molecule has 0 amide bonds. The average molecular weight is 250 g/mol. The molecule has 3 heterocycles. The highest BCUT2D eigenvalue weighted by atomic mass is 16.3. The second kappa shape index (κ2) is 4.63. The molecule has 0 bridgehead atoms. The Hall–Kier alpha value is -0.940. The lowest BCUT2D eigenvalue weighted by atomic mass is 10.1. The van der Waals surface area contributed by atoms with Crippen LogP contribution in [0.15, 0.2) is 0 Å². The first-order valence-corrected chi connectivity index (χ1v) is 6.99. The first-order chi connectivity index (χ1) is 8.63. The molecule has 2 unspecified atom stereocenters. The summed E-state index contributed by atoms with van der Waals surface area (Å²) < 4.78 is 1.99. The van der Waals surface area contributed by atoms with Crippen LogP contribution >= 0.6 is 0 Å². The summed E-state index contributed by atoms with van der Waals surface area (Å²) in [5, 5.41) is 14.3. The van der Waals surface area contributed by atoms with Gasteiger partial charge in [-0.2, -0.15) is 5.10 Å². The van der Waals surface area contributed by atoms with E-state index in [1.54, 1.807) is 0 Å². The summed E-state index contributed by atoms with van der Waals surface area (Å²) in [6.45, 7) is 7.51. The normalized spacial score (nSPS) is 28.9. The maximum Gasteiger partial charge on any atom is 0.155 e. The number of nitrogens with zero attached hydrogens (tertiary/aromatic N) is 4. The molecule has 0 saturated carbocycles. The molecule has 2 atom stereocenters. The van der Waals surface area contributed by atoms with E-state index in [0.717, 1.165) is 44.1 Å². The van der Waals surface area contributed by atoms with Gasteiger partial charge >= 0.3 is 0 Å². The van der Waals surface area contributed by atoms with Gasteiger partial charge in [0.15, 0.2) is 5.82 Å². The Morgan fingerprint density at radius 2 is 2.11 bits per heavy atom. The maximum atomic E-state index is 9.66. The number of fused-ring (bicyclic) bond motifs is 1. The van der Waals surface area contributed by atoms with Crippen molar-refractivity contribution in [2.24, 2.45) is 0 Å². The Morgan fingerprint density at radius 1 is 1.28 bits per heavy atom. The van der Waals surface area contributed by atoms with Gasteiger partial charge in [-0.1, -0.05) is 0 Å². The molecule has 2 aliphatic rings. The molecule has 1 aromatic rings. The molecular weight excluding hydrogens is 228 g/mol. The summed E-state index contributed by atoms with van der Waals surface area (Å²) in [6, 6.07) is 0.606. The number of rotatable bonds is 2. The molecule has 100 valence electrons. The first kappa shape index (κ1) is 12.1. The van der Waals surface area contributed by atoms with Crippen LogP contribution in [0.5, 0.6) is 0 Å². The number of aliphatic hydroxyl groups excluding tert-OH is 1. The topological polar surface area (TPSA) is 54.2 Å². The Bertz CT molecular complexity index is 429. The molecule has 1 N–H and O–H groups in total. The zero-order valence-electron chi connectivity index (χ0n) is 11.2. The second-order valence-electron chi connectivity index (χ2n) is 5.83. The summed E-state index contributed by atoms with van der Waals surface area (Å²) in [5.41, 5.74) is 0. The third kappa shape index (κ3) is 2.17. The molecule has 5 heteroatoms. The Kier molecular flexibility index (Phi) is 3.11. The fourth-order valence-corrected chi connectivity index (χ4v) is 2.95. The van der Waals surface area contributed by atoms with E-state index in [1.165, 1.54) is 0 Å². The highest BCUT2D eigenvalue weighted by molar-refractivity contribution is 5.05. The zero-order valence-corrected chi connectivity index (χ0v) is 11.2. The van der Waals surface area contributed by atoms with Crippen molar-refractivity contribution in [3.63, 3.8) is 0 Å². The highest BCUT2D eigenvalue weighted by Crippen LogP contribution is 2.27. The van der Waals surface area contributed by atoms with Crippen LogP contribution in [0.1, 0.15) is 44.3 Å². The van der Waals surface area contributed by atoms with Crippen LogP contribution in [-0.2, 0) is 13.0 Å². The van der Waals surface area contributed by atoms with Crippen molar-refractivity contribution >= 4 is 0 Å². The number of hydrogen-bond donors (Lipinski definition) is 1. The predicted molar refractivity (Wildman–Crippen MR) is 68.4 cm³/mol. The summed E-state index contributed by atoms with van der Waals surface area (Å²) in [4.78, 5) is 7.13. The molecule has 2 aliphatic heterocycles. The van der Waals surface area contributed by atoms with Crippen molar-refractivity contribution < 1.29 is 5.11 Å². The van der Waals surface area contributed by atoms with Crippen LogP contribution in [0.2, 0.25) is 0 Å². The second-order valence-corrected chi connectivity index (χ2v) is 5.83. The van der Waals surface area contributed by atoms with Crippen LogP contribution in [0.4, 0.5) is 0 Å². The van der Waals surface area contributed by atoms with E-state index >= 15 is 0 Å². The standard InChI is InChI=1S/C13H22N4O/c1-9(2)16-5-3-10(8-16)13-14-12-7-11(18)4-6-17(12)15-13/h9-11,18H,3-8H2,1-2H3.